The van der Waals surface area contributed by atoms with E-state index in [0.29, 0.717) is 10.8 Å². The van der Waals surface area contributed by atoms with Gasteiger partial charge in [0.05, 0.1) is 24.1 Å². The molecule has 0 amide bonds. The Morgan fingerprint density at radius 3 is 2.83 bits per heavy atom. The van der Waals surface area contributed by atoms with Crippen molar-refractivity contribution in [2.24, 2.45) is 0 Å². The first kappa shape index (κ1) is 12.9. The number of nitrogens with zero attached hydrogens (tertiary/aromatic N) is 1. The summed E-state index contributed by atoms with van der Waals surface area (Å²) >= 11 is 7.74. The van der Waals surface area contributed by atoms with Crippen molar-refractivity contribution in [3.63, 3.8) is 0 Å². The summed E-state index contributed by atoms with van der Waals surface area (Å²) in [7, 11) is 1.58. The third kappa shape index (κ3) is 2.84. The van der Waals surface area contributed by atoms with E-state index in [1.807, 2.05) is 29.6 Å². The van der Waals surface area contributed by atoms with Crippen molar-refractivity contribution < 1.29 is 4.74 Å². The second kappa shape index (κ2) is 5.90. The molecule has 2 rings (SSSR count). The molecular weight excluding hydrogens is 266 g/mol. The monoisotopic (exact) mass is 277 g/mol. The third-order valence-corrected chi connectivity index (χ3v) is 3.91. The molecule has 1 unspecified atom stereocenters. The summed E-state index contributed by atoms with van der Waals surface area (Å²) in [6, 6.07) is 11.9. The first-order chi connectivity index (χ1) is 8.74. The third-order valence-electron chi connectivity index (χ3n) is 2.72. The van der Waals surface area contributed by atoms with Crippen LogP contribution in [0.3, 0.4) is 0 Å². The van der Waals surface area contributed by atoms with Crippen LogP contribution in [0.2, 0.25) is 5.02 Å². The predicted octanol–water partition coefficient (Wildman–Crippen LogP) is 4.26. The Morgan fingerprint density at radius 1 is 1.44 bits per heavy atom. The Balaban J connectivity index is 2.23. The largest absolute Gasteiger partial charge is 0.495 e. The van der Waals surface area contributed by atoms with Gasteiger partial charge in [-0.25, -0.2) is 0 Å². The van der Waals surface area contributed by atoms with Crippen LogP contribution >= 0.6 is 22.9 Å². The average molecular weight is 278 g/mol. The van der Waals surface area contributed by atoms with E-state index in [9.17, 15) is 5.26 Å². The van der Waals surface area contributed by atoms with E-state index in [0.717, 1.165) is 12.0 Å². The SMILES string of the molecule is COc1ccc(C(C#N)Cc2cccs2)cc1Cl. The van der Waals surface area contributed by atoms with E-state index >= 15 is 0 Å². The van der Waals surface area contributed by atoms with Gasteiger partial charge in [0.15, 0.2) is 0 Å². The second-order valence-electron chi connectivity index (χ2n) is 3.86. The highest BCUT2D eigenvalue weighted by atomic mass is 35.5. The highest BCUT2D eigenvalue weighted by molar-refractivity contribution is 7.09. The molecule has 18 heavy (non-hydrogen) atoms. The first-order valence-corrected chi connectivity index (χ1v) is 6.75. The molecule has 1 heterocycles. The lowest BCUT2D eigenvalue weighted by Gasteiger charge is -2.10. The van der Waals surface area contributed by atoms with Gasteiger partial charge >= 0.3 is 0 Å². The van der Waals surface area contributed by atoms with Crippen LogP contribution in [0.4, 0.5) is 0 Å². The van der Waals surface area contributed by atoms with E-state index in [-0.39, 0.29) is 5.92 Å². The number of methoxy groups -OCH3 is 1. The van der Waals surface area contributed by atoms with Crippen LogP contribution in [-0.4, -0.2) is 7.11 Å². The molecule has 0 spiro atoms. The van der Waals surface area contributed by atoms with Gasteiger partial charge in [-0.15, -0.1) is 11.3 Å². The van der Waals surface area contributed by atoms with Gasteiger partial charge in [0.2, 0.25) is 0 Å². The predicted molar refractivity (Wildman–Crippen MR) is 74.4 cm³/mol. The zero-order valence-corrected chi connectivity index (χ0v) is 11.5. The molecule has 0 aliphatic rings. The summed E-state index contributed by atoms with van der Waals surface area (Å²) in [4.78, 5) is 1.20. The van der Waals surface area contributed by atoms with E-state index in [4.69, 9.17) is 16.3 Å². The summed E-state index contributed by atoms with van der Waals surface area (Å²) in [5.41, 5.74) is 0.928. The molecule has 92 valence electrons. The molecule has 0 saturated carbocycles. The van der Waals surface area contributed by atoms with E-state index in [2.05, 4.69) is 6.07 Å². The Morgan fingerprint density at radius 2 is 2.28 bits per heavy atom. The number of nitriles is 1. The van der Waals surface area contributed by atoms with E-state index < -0.39 is 0 Å². The van der Waals surface area contributed by atoms with Gasteiger partial charge in [0.25, 0.3) is 0 Å². The number of hydrogen-bond acceptors (Lipinski definition) is 3. The van der Waals surface area contributed by atoms with Gasteiger partial charge in [0.1, 0.15) is 5.75 Å². The number of benzene rings is 1. The summed E-state index contributed by atoms with van der Waals surface area (Å²) in [5.74, 6) is 0.459. The zero-order chi connectivity index (χ0) is 13.0. The maximum Gasteiger partial charge on any atom is 0.137 e. The molecule has 1 aromatic carbocycles. The van der Waals surface area contributed by atoms with Crippen molar-refractivity contribution in [3.8, 4) is 11.8 Å². The smallest absolute Gasteiger partial charge is 0.137 e. The minimum absolute atomic E-state index is 0.174. The molecule has 2 aromatic rings. The fourth-order valence-electron chi connectivity index (χ4n) is 1.77. The topological polar surface area (TPSA) is 33.0 Å². The van der Waals surface area contributed by atoms with Gasteiger partial charge in [-0.05, 0) is 29.1 Å². The number of halogens is 1. The van der Waals surface area contributed by atoms with Crippen molar-refractivity contribution in [1.29, 1.82) is 5.26 Å². The maximum atomic E-state index is 9.28. The van der Waals surface area contributed by atoms with Crippen molar-refractivity contribution in [2.45, 2.75) is 12.3 Å². The van der Waals surface area contributed by atoms with Gasteiger partial charge in [-0.2, -0.15) is 5.26 Å². The highest BCUT2D eigenvalue weighted by Crippen LogP contribution is 2.30. The standard InChI is InChI=1S/C14H12ClNOS/c1-17-14-5-4-10(8-13(14)15)11(9-16)7-12-3-2-6-18-12/h2-6,8,11H,7H2,1H3. The van der Waals surface area contributed by atoms with Crippen LogP contribution in [0, 0.1) is 11.3 Å². The molecule has 2 nitrogen and oxygen atoms in total. The number of thiophene rings is 1. The average Bonchev–Trinajstić information content (AvgIpc) is 2.88. The molecule has 0 saturated heterocycles. The van der Waals surface area contributed by atoms with Crippen molar-refractivity contribution in [1.82, 2.24) is 0 Å². The molecule has 0 N–H and O–H groups in total. The highest BCUT2D eigenvalue weighted by Gasteiger charge is 2.14. The molecule has 1 aromatic heterocycles. The van der Waals surface area contributed by atoms with Crippen LogP contribution in [0.5, 0.6) is 5.75 Å². The molecule has 0 bridgehead atoms. The minimum atomic E-state index is -0.174. The van der Waals surface area contributed by atoms with Crippen LogP contribution in [0.1, 0.15) is 16.4 Å². The quantitative estimate of drug-likeness (QED) is 0.836. The zero-order valence-electron chi connectivity index (χ0n) is 9.89. The van der Waals surface area contributed by atoms with Crippen LogP contribution in [-0.2, 0) is 6.42 Å². The van der Waals surface area contributed by atoms with Crippen molar-refractivity contribution in [2.75, 3.05) is 7.11 Å². The van der Waals surface area contributed by atoms with Crippen molar-refractivity contribution in [3.05, 3.63) is 51.2 Å². The fourth-order valence-corrected chi connectivity index (χ4v) is 2.79. The summed E-state index contributed by atoms with van der Waals surface area (Å²) in [6.07, 6.45) is 0.719. The Labute approximate surface area is 115 Å². The lowest BCUT2D eigenvalue weighted by molar-refractivity contribution is 0.415. The van der Waals surface area contributed by atoms with Gasteiger partial charge in [-0.3, -0.25) is 0 Å². The summed E-state index contributed by atoms with van der Waals surface area (Å²) in [6.45, 7) is 0. The number of hydrogen-bond donors (Lipinski definition) is 0. The van der Waals surface area contributed by atoms with Gasteiger partial charge < -0.3 is 4.74 Å². The fraction of sp³-hybridized carbons (Fsp3) is 0.214. The maximum absolute atomic E-state index is 9.28. The molecule has 0 aliphatic carbocycles. The summed E-state index contributed by atoms with van der Waals surface area (Å²) < 4.78 is 5.11. The van der Waals surface area contributed by atoms with Gasteiger partial charge in [-0.1, -0.05) is 23.7 Å². The van der Waals surface area contributed by atoms with E-state index in [1.165, 1.54) is 4.88 Å². The van der Waals surface area contributed by atoms with Crippen LogP contribution in [0.25, 0.3) is 0 Å². The van der Waals surface area contributed by atoms with Crippen LogP contribution < -0.4 is 4.74 Å². The molecule has 1 atom stereocenters. The Hall–Kier alpha value is -1.50. The minimum Gasteiger partial charge on any atom is -0.495 e. The Kier molecular flexibility index (Phi) is 4.24. The van der Waals surface area contributed by atoms with Crippen LogP contribution in [0.15, 0.2) is 35.7 Å². The number of ether oxygens (including phenoxy) is 1. The second-order valence-corrected chi connectivity index (χ2v) is 5.30. The van der Waals surface area contributed by atoms with E-state index in [1.54, 1.807) is 24.5 Å². The Bertz CT molecular complexity index is 560. The molecule has 0 radical (unpaired) electrons. The normalized spacial score (nSPS) is 11.8. The van der Waals surface area contributed by atoms with Gasteiger partial charge in [0, 0.05) is 11.3 Å². The van der Waals surface area contributed by atoms with Crippen molar-refractivity contribution >= 4 is 22.9 Å². The molecular formula is C14H12ClNOS. The molecule has 0 fully saturated rings. The summed E-state index contributed by atoms with van der Waals surface area (Å²) in [5, 5.41) is 11.8. The lowest BCUT2D eigenvalue weighted by atomic mass is 9.96. The molecule has 4 heteroatoms. The lowest BCUT2D eigenvalue weighted by Crippen LogP contribution is -1.99. The molecule has 0 aliphatic heterocycles. The first-order valence-electron chi connectivity index (χ1n) is 5.50. The number of rotatable bonds is 4.